The molecule has 4 nitrogen and oxygen atoms in total. The van der Waals surface area contributed by atoms with Crippen molar-refractivity contribution in [3.8, 4) is 0 Å². The van der Waals surface area contributed by atoms with E-state index in [2.05, 4.69) is 10.9 Å². The lowest BCUT2D eigenvalue weighted by atomic mass is 10.1. The third-order valence-corrected chi connectivity index (χ3v) is 2.21. The maximum absolute atomic E-state index is 13.5. The van der Waals surface area contributed by atoms with Crippen LogP contribution in [0.4, 0.5) is 13.6 Å². The van der Waals surface area contributed by atoms with Gasteiger partial charge in [-0.05, 0) is 45.9 Å². The molecule has 0 saturated carbocycles. The van der Waals surface area contributed by atoms with Crippen LogP contribution in [0.25, 0.3) is 0 Å². The number of rotatable bonds is 3. The van der Waals surface area contributed by atoms with E-state index in [0.29, 0.717) is 0 Å². The zero-order valence-electron chi connectivity index (χ0n) is 11.4. The molecule has 1 aromatic rings. The number of hydrazine groups is 1. The van der Waals surface area contributed by atoms with E-state index in [1.54, 1.807) is 27.7 Å². The third-order valence-electron chi connectivity index (χ3n) is 2.21. The van der Waals surface area contributed by atoms with Crippen LogP contribution < -0.4 is 10.9 Å². The van der Waals surface area contributed by atoms with Crippen LogP contribution in [-0.2, 0) is 4.74 Å². The highest BCUT2D eigenvalue weighted by molar-refractivity contribution is 5.67. The molecule has 19 heavy (non-hydrogen) atoms. The maximum Gasteiger partial charge on any atom is 0.422 e. The number of benzene rings is 1. The first-order valence-electron chi connectivity index (χ1n) is 5.88. The third kappa shape index (κ3) is 5.21. The Kier molecular flexibility index (Phi) is 4.83. The van der Waals surface area contributed by atoms with Gasteiger partial charge in [0.15, 0.2) is 0 Å². The maximum atomic E-state index is 13.5. The molecule has 0 aliphatic carbocycles. The minimum atomic E-state index is -0.684. The second kappa shape index (κ2) is 5.97. The molecule has 0 radical (unpaired) electrons. The van der Waals surface area contributed by atoms with Crippen molar-refractivity contribution in [3.05, 3.63) is 35.4 Å². The van der Waals surface area contributed by atoms with Gasteiger partial charge in [0.25, 0.3) is 0 Å². The number of carbonyl (C=O) groups is 1. The molecule has 0 aliphatic rings. The highest BCUT2D eigenvalue weighted by atomic mass is 19.1. The van der Waals surface area contributed by atoms with E-state index >= 15 is 0 Å². The van der Waals surface area contributed by atoms with Gasteiger partial charge in [-0.15, -0.1) is 0 Å². The molecule has 6 heteroatoms. The molecule has 0 saturated heterocycles. The zero-order valence-corrected chi connectivity index (χ0v) is 11.4. The summed E-state index contributed by atoms with van der Waals surface area (Å²) in [4.78, 5) is 11.4. The first-order chi connectivity index (χ1) is 8.69. The summed E-state index contributed by atoms with van der Waals surface area (Å²) in [7, 11) is 0. The molecule has 0 aromatic heterocycles. The fraction of sp³-hybridized carbons (Fsp3) is 0.462. The standard InChI is InChI=1S/C13H18F2N2O2/c1-8(10-7-9(14)5-6-11(10)15)16-17-12(18)19-13(2,3)4/h5-8,16H,1-4H3,(H,17,18). The molecule has 2 N–H and O–H groups in total. The van der Waals surface area contributed by atoms with Crippen molar-refractivity contribution in [2.24, 2.45) is 0 Å². The van der Waals surface area contributed by atoms with Gasteiger partial charge < -0.3 is 4.74 Å². The molecular formula is C13H18F2N2O2. The van der Waals surface area contributed by atoms with Gasteiger partial charge in [-0.1, -0.05) is 0 Å². The van der Waals surface area contributed by atoms with Crippen molar-refractivity contribution in [1.82, 2.24) is 10.9 Å². The largest absolute Gasteiger partial charge is 0.443 e. The van der Waals surface area contributed by atoms with E-state index in [0.717, 1.165) is 18.2 Å². The predicted octanol–water partition coefficient (Wildman–Crippen LogP) is 3.06. The molecule has 0 bridgehead atoms. The molecule has 1 unspecified atom stereocenters. The Hall–Kier alpha value is -1.69. The van der Waals surface area contributed by atoms with E-state index in [9.17, 15) is 13.6 Å². The van der Waals surface area contributed by atoms with Gasteiger partial charge in [0.1, 0.15) is 17.2 Å². The number of carbonyl (C=O) groups excluding carboxylic acids is 1. The number of ether oxygens (including phenoxy) is 1. The van der Waals surface area contributed by atoms with E-state index in [1.807, 2.05) is 0 Å². The molecule has 0 aliphatic heterocycles. The van der Waals surface area contributed by atoms with E-state index in [4.69, 9.17) is 4.74 Å². The number of nitrogens with one attached hydrogen (secondary N) is 2. The minimum Gasteiger partial charge on any atom is -0.443 e. The van der Waals surface area contributed by atoms with Gasteiger partial charge >= 0.3 is 6.09 Å². The van der Waals surface area contributed by atoms with Crippen LogP contribution in [0.3, 0.4) is 0 Å². The minimum absolute atomic E-state index is 0.121. The molecule has 106 valence electrons. The highest BCUT2D eigenvalue weighted by Crippen LogP contribution is 2.17. The second-order valence-corrected chi connectivity index (χ2v) is 5.16. The Bertz CT molecular complexity index is 458. The summed E-state index contributed by atoms with van der Waals surface area (Å²) >= 11 is 0. The molecule has 0 spiro atoms. The van der Waals surface area contributed by atoms with Crippen LogP contribution in [0, 0.1) is 11.6 Å². The summed E-state index contributed by atoms with van der Waals surface area (Å²) in [6.07, 6.45) is -0.684. The first-order valence-corrected chi connectivity index (χ1v) is 5.88. The lowest BCUT2D eigenvalue weighted by Gasteiger charge is -2.21. The summed E-state index contributed by atoms with van der Waals surface area (Å²) in [5.74, 6) is -1.09. The van der Waals surface area contributed by atoms with Crippen molar-refractivity contribution in [2.45, 2.75) is 39.3 Å². The Morgan fingerprint density at radius 2 is 1.95 bits per heavy atom. The lowest BCUT2D eigenvalue weighted by molar-refractivity contribution is 0.0489. The monoisotopic (exact) mass is 272 g/mol. The van der Waals surface area contributed by atoms with Gasteiger partial charge in [-0.2, -0.15) is 0 Å². The molecule has 1 aromatic carbocycles. The van der Waals surface area contributed by atoms with Crippen molar-refractivity contribution >= 4 is 6.09 Å². The summed E-state index contributed by atoms with van der Waals surface area (Å²) in [6, 6.07) is 2.55. The lowest BCUT2D eigenvalue weighted by Crippen LogP contribution is -2.42. The number of hydrogen-bond acceptors (Lipinski definition) is 3. The molecule has 0 fully saturated rings. The topological polar surface area (TPSA) is 50.4 Å². The van der Waals surface area contributed by atoms with Gasteiger partial charge in [0.2, 0.25) is 0 Å². The Morgan fingerprint density at radius 3 is 2.53 bits per heavy atom. The van der Waals surface area contributed by atoms with E-state index in [-0.39, 0.29) is 5.56 Å². The van der Waals surface area contributed by atoms with E-state index in [1.165, 1.54) is 0 Å². The first kappa shape index (κ1) is 15.4. The van der Waals surface area contributed by atoms with Crippen LogP contribution in [0.2, 0.25) is 0 Å². The number of hydrogen-bond donors (Lipinski definition) is 2. The molecule has 1 rings (SSSR count). The van der Waals surface area contributed by atoms with Crippen LogP contribution in [0.1, 0.15) is 39.3 Å². The summed E-state index contributed by atoms with van der Waals surface area (Å²) in [5, 5.41) is 0. The van der Waals surface area contributed by atoms with Crippen molar-refractivity contribution < 1.29 is 18.3 Å². The molecular weight excluding hydrogens is 254 g/mol. The molecule has 0 heterocycles. The summed E-state index contributed by atoms with van der Waals surface area (Å²) in [5.41, 5.74) is 4.34. The van der Waals surface area contributed by atoms with E-state index < -0.39 is 29.4 Å². The quantitative estimate of drug-likeness (QED) is 0.831. The fourth-order valence-corrected chi connectivity index (χ4v) is 1.39. The number of halogens is 2. The fourth-order valence-electron chi connectivity index (χ4n) is 1.39. The second-order valence-electron chi connectivity index (χ2n) is 5.16. The average Bonchev–Trinajstić information content (AvgIpc) is 2.27. The molecule has 1 amide bonds. The zero-order chi connectivity index (χ0) is 14.6. The van der Waals surface area contributed by atoms with Crippen molar-refractivity contribution in [3.63, 3.8) is 0 Å². The molecule has 1 atom stereocenters. The average molecular weight is 272 g/mol. The summed E-state index contributed by atoms with van der Waals surface area (Å²) in [6.45, 7) is 6.77. The Labute approximate surface area is 111 Å². The Balaban J connectivity index is 2.58. The van der Waals surface area contributed by atoms with Crippen LogP contribution in [0.15, 0.2) is 18.2 Å². The van der Waals surface area contributed by atoms with Gasteiger partial charge in [-0.25, -0.2) is 19.0 Å². The van der Waals surface area contributed by atoms with Gasteiger partial charge in [-0.3, -0.25) is 5.43 Å². The van der Waals surface area contributed by atoms with Crippen LogP contribution in [-0.4, -0.2) is 11.7 Å². The van der Waals surface area contributed by atoms with Crippen molar-refractivity contribution in [1.29, 1.82) is 0 Å². The normalized spacial score (nSPS) is 12.9. The Morgan fingerprint density at radius 1 is 1.32 bits per heavy atom. The SMILES string of the molecule is CC(NNC(=O)OC(C)(C)C)c1cc(F)ccc1F. The predicted molar refractivity (Wildman–Crippen MR) is 67.3 cm³/mol. The van der Waals surface area contributed by atoms with Gasteiger partial charge in [0, 0.05) is 5.56 Å². The van der Waals surface area contributed by atoms with Crippen molar-refractivity contribution in [2.75, 3.05) is 0 Å². The van der Waals surface area contributed by atoms with Crippen LogP contribution in [0.5, 0.6) is 0 Å². The number of amides is 1. The van der Waals surface area contributed by atoms with Crippen LogP contribution >= 0.6 is 0 Å². The van der Waals surface area contributed by atoms with Gasteiger partial charge in [0.05, 0.1) is 6.04 Å². The summed E-state index contributed by atoms with van der Waals surface area (Å²) < 4.78 is 31.5. The highest BCUT2D eigenvalue weighted by Gasteiger charge is 2.17. The smallest absolute Gasteiger partial charge is 0.422 e.